The second-order valence-corrected chi connectivity index (χ2v) is 10.5. The maximum Gasteiger partial charge on any atom is 0.254 e. The van der Waals surface area contributed by atoms with E-state index in [2.05, 4.69) is 49.4 Å². The fourth-order valence-corrected chi connectivity index (χ4v) is 5.25. The summed E-state index contributed by atoms with van der Waals surface area (Å²) in [4.78, 5) is 28.3. The van der Waals surface area contributed by atoms with Crippen molar-refractivity contribution in [2.24, 2.45) is 5.73 Å². The lowest BCUT2D eigenvalue weighted by Crippen LogP contribution is -2.39. The number of hydrogen-bond donors (Lipinski definition) is 3. The molecule has 0 radical (unpaired) electrons. The Bertz CT molecular complexity index is 1690. The Kier molecular flexibility index (Phi) is 7.44. The van der Waals surface area contributed by atoms with E-state index in [0.29, 0.717) is 40.6 Å². The largest absolute Gasteiger partial charge is 0.494 e. The number of para-hydroxylation sites is 3. The van der Waals surface area contributed by atoms with Gasteiger partial charge < -0.3 is 30.4 Å². The number of aromatic nitrogens is 5. The van der Waals surface area contributed by atoms with Crippen LogP contribution >= 0.6 is 0 Å². The number of anilines is 4. The van der Waals surface area contributed by atoms with Gasteiger partial charge in [0.1, 0.15) is 16.9 Å². The summed E-state index contributed by atoms with van der Waals surface area (Å²) in [6.45, 7) is 6.56. The molecule has 0 atom stereocenters. The number of ether oxygens (including phenoxy) is 1. The molecule has 12 nitrogen and oxygen atoms in total. The second kappa shape index (κ2) is 11.5. The molecule has 1 saturated heterocycles. The van der Waals surface area contributed by atoms with Crippen LogP contribution < -0.4 is 21.1 Å². The molecule has 0 saturated carbocycles. The fourth-order valence-electron chi connectivity index (χ4n) is 5.25. The van der Waals surface area contributed by atoms with Gasteiger partial charge in [-0.15, -0.1) is 0 Å². The van der Waals surface area contributed by atoms with E-state index in [0.717, 1.165) is 37.1 Å². The normalized spacial score (nSPS) is 14.4. The van der Waals surface area contributed by atoms with Gasteiger partial charge in [-0.25, -0.2) is 9.97 Å². The number of rotatable bonds is 9. The molecule has 216 valence electrons. The number of primary amides is 1. The molecule has 4 heterocycles. The quantitative estimate of drug-likeness (QED) is 0.219. The second-order valence-electron chi connectivity index (χ2n) is 10.5. The van der Waals surface area contributed by atoms with Gasteiger partial charge in [0.15, 0.2) is 11.3 Å². The van der Waals surface area contributed by atoms with Crippen molar-refractivity contribution in [3.63, 3.8) is 0 Å². The van der Waals surface area contributed by atoms with Crippen LogP contribution in [0.4, 0.5) is 23.1 Å². The predicted octanol–water partition coefficient (Wildman–Crippen LogP) is 5.12. The molecule has 2 aromatic carbocycles. The zero-order valence-corrected chi connectivity index (χ0v) is 23.7. The van der Waals surface area contributed by atoms with Crippen molar-refractivity contribution in [1.82, 2.24) is 29.6 Å². The highest BCUT2D eigenvalue weighted by molar-refractivity contribution is 5.98. The van der Waals surface area contributed by atoms with E-state index in [1.807, 2.05) is 47.3 Å². The summed E-state index contributed by atoms with van der Waals surface area (Å²) in [6.07, 6.45) is 7.19. The van der Waals surface area contributed by atoms with E-state index >= 15 is 0 Å². The van der Waals surface area contributed by atoms with Gasteiger partial charge >= 0.3 is 0 Å². The fraction of sp³-hybridized carbons (Fsp3) is 0.300. The average Bonchev–Trinajstić information content (AvgIpc) is 3.64. The van der Waals surface area contributed by atoms with Gasteiger partial charge in [-0.2, -0.15) is 10.1 Å². The molecule has 1 aliphatic rings. The number of benzene rings is 2. The summed E-state index contributed by atoms with van der Waals surface area (Å²) in [5, 5.41) is 11.0. The molecule has 0 bridgehead atoms. The number of methoxy groups -OCH3 is 1. The van der Waals surface area contributed by atoms with Crippen LogP contribution in [0.2, 0.25) is 0 Å². The molecule has 6 rings (SSSR count). The topological polar surface area (TPSA) is 149 Å². The first-order chi connectivity index (χ1) is 20.4. The first kappa shape index (κ1) is 27.2. The molecule has 0 aliphatic carbocycles. The molecule has 1 fully saturated rings. The number of fused-ring (bicyclic) bond motifs is 1. The monoisotopic (exact) mass is 567 g/mol. The summed E-state index contributed by atoms with van der Waals surface area (Å²) in [7, 11) is 1.55. The average molecular weight is 568 g/mol. The summed E-state index contributed by atoms with van der Waals surface area (Å²) in [6, 6.07) is 13.9. The minimum absolute atomic E-state index is 0.127. The van der Waals surface area contributed by atoms with Crippen molar-refractivity contribution >= 4 is 40.1 Å². The van der Waals surface area contributed by atoms with Gasteiger partial charge in [-0.1, -0.05) is 18.2 Å². The summed E-state index contributed by atoms with van der Waals surface area (Å²) < 4.78 is 13.7. The third kappa shape index (κ3) is 5.48. The van der Waals surface area contributed by atoms with E-state index in [1.54, 1.807) is 19.4 Å². The summed E-state index contributed by atoms with van der Waals surface area (Å²) in [5.41, 5.74) is 9.13. The first-order valence-corrected chi connectivity index (χ1v) is 13.9. The van der Waals surface area contributed by atoms with Crippen LogP contribution in [0.15, 0.2) is 65.5 Å². The van der Waals surface area contributed by atoms with Gasteiger partial charge in [-0.3, -0.25) is 9.48 Å². The van der Waals surface area contributed by atoms with Crippen LogP contribution in [-0.4, -0.2) is 61.8 Å². The summed E-state index contributed by atoms with van der Waals surface area (Å²) in [5.74, 6) is 0.715. The van der Waals surface area contributed by atoms with Crippen molar-refractivity contribution < 1.29 is 13.9 Å². The SMILES string of the molecule is COc1c(Nc2nc(Nc3cnn(C4CCN(C(C)C)CC4)c3)ncc2C(N)=O)cccc1-c1nc2ccccc2o1. The minimum atomic E-state index is -0.668. The Morgan fingerprint density at radius 2 is 1.88 bits per heavy atom. The van der Waals surface area contributed by atoms with E-state index in [1.165, 1.54) is 6.20 Å². The van der Waals surface area contributed by atoms with Crippen molar-refractivity contribution in [3.05, 3.63) is 66.6 Å². The third-order valence-electron chi connectivity index (χ3n) is 7.51. The zero-order valence-electron chi connectivity index (χ0n) is 23.7. The van der Waals surface area contributed by atoms with Crippen molar-refractivity contribution in [1.29, 1.82) is 0 Å². The lowest BCUT2D eigenvalue weighted by molar-refractivity contribution is 0.100. The molecule has 4 N–H and O–H groups in total. The highest BCUT2D eigenvalue weighted by atomic mass is 16.5. The summed E-state index contributed by atoms with van der Waals surface area (Å²) >= 11 is 0. The Labute approximate surface area is 242 Å². The molecule has 5 aromatic rings. The molecular weight excluding hydrogens is 534 g/mol. The molecule has 3 aromatic heterocycles. The zero-order chi connectivity index (χ0) is 29.2. The molecular formula is C30H33N9O3. The number of nitrogens with zero attached hydrogens (tertiary/aromatic N) is 6. The van der Waals surface area contributed by atoms with Gasteiger partial charge in [0.2, 0.25) is 11.8 Å². The Hall–Kier alpha value is -4.97. The van der Waals surface area contributed by atoms with Gasteiger partial charge in [0.25, 0.3) is 5.91 Å². The van der Waals surface area contributed by atoms with E-state index in [9.17, 15) is 4.79 Å². The van der Waals surface area contributed by atoms with Crippen LogP contribution in [0.5, 0.6) is 5.75 Å². The van der Waals surface area contributed by atoms with Crippen molar-refractivity contribution in [2.45, 2.75) is 38.8 Å². The van der Waals surface area contributed by atoms with E-state index in [4.69, 9.17) is 14.9 Å². The Morgan fingerprint density at radius 3 is 2.62 bits per heavy atom. The number of piperidine rings is 1. The number of likely N-dealkylation sites (tertiary alicyclic amines) is 1. The number of hydrogen-bond acceptors (Lipinski definition) is 10. The third-order valence-corrected chi connectivity index (χ3v) is 7.51. The van der Waals surface area contributed by atoms with Crippen LogP contribution in [0.3, 0.4) is 0 Å². The lowest BCUT2D eigenvalue weighted by Gasteiger charge is -2.34. The van der Waals surface area contributed by atoms with E-state index < -0.39 is 5.91 Å². The number of carbonyl (C=O) groups excluding carboxylic acids is 1. The molecule has 0 spiro atoms. The van der Waals surface area contributed by atoms with E-state index in [-0.39, 0.29) is 17.3 Å². The van der Waals surface area contributed by atoms with Crippen LogP contribution in [0, 0.1) is 0 Å². The predicted molar refractivity (Wildman–Crippen MR) is 160 cm³/mol. The van der Waals surface area contributed by atoms with Crippen molar-refractivity contribution in [3.8, 4) is 17.2 Å². The number of nitrogens with two attached hydrogens (primary N) is 1. The standard InChI is InChI=1S/C30H33N9O3/c1-18(2)38-13-11-20(12-14-38)39-17-19(15-33-39)34-30-32-16-22(27(31)40)28(37-30)35-24-9-6-7-21(26(24)41-3)29-36-23-8-4-5-10-25(23)42-29/h4-10,15-18,20H,11-14H2,1-3H3,(H2,31,40)(H2,32,34,35,37). The van der Waals surface area contributed by atoms with Gasteiger partial charge in [-0.05, 0) is 51.0 Å². The molecule has 0 unspecified atom stereocenters. The smallest absolute Gasteiger partial charge is 0.254 e. The molecule has 42 heavy (non-hydrogen) atoms. The Morgan fingerprint density at radius 1 is 1.07 bits per heavy atom. The highest BCUT2D eigenvalue weighted by Crippen LogP contribution is 2.39. The van der Waals surface area contributed by atoms with Crippen LogP contribution in [0.25, 0.3) is 22.6 Å². The molecule has 12 heteroatoms. The lowest BCUT2D eigenvalue weighted by atomic mass is 10.0. The number of oxazole rings is 1. The maximum absolute atomic E-state index is 12.3. The highest BCUT2D eigenvalue weighted by Gasteiger charge is 2.23. The number of carbonyl (C=O) groups is 1. The van der Waals surface area contributed by atoms with Gasteiger partial charge in [0.05, 0.1) is 36.3 Å². The van der Waals surface area contributed by atoms with Crippen molar-refractivity contribution in [2.75, 3.05) is 30.8 Å². The van der Waals surface area contributed by atoms with Gasteiger partial charge in [0, 0.05) is 31.5 Å². The maximum atomic E-state index is 12.3. The molecule has 1 aliphatic heterocycles. The first-order valence-electron chi connectivity index (χ1n) is 13.9. The van der Waals surface area contributed by atoms with Crippen LogP contribution in [0.1, 0.15) is 43.1 Å². The number of amides is 1. The minimum Gasteiger partial charge on any atom is -0.494 e. The number of nitrogens with one attached hydrogen (secondary N) is 2. The Balaban J connectivity index is 1.25. The molecule has 1 amide bonds. The van der Waals surface area contributed by atoms with Crippen LogP contribution in [-0.2, 0) is 0 Å².